The molecule has 0 spiro atoms. The molecule has 1 N–H and O–H groups in total. The van der Waals surface area contributed by atoms with Gasteiger partial charge in [-0.2, -0.15) is 0 Å². The summed E-state index contributed by atoms with van der Waals surface area (Å²) in [6.07, 6.45) is 0.989. The van der Waals surface area contributed by atoms with Crippen LogP contribution in [0.4, 0.5) is 0 Å². The zero-order valence-corrected chi connectivity index (χ0v) is 7.96. The molecule has 3 heteroatoms. The van der Waals surface area contributed by atoms with Gasteiger partial charge in [-0.05, 0) is 23.8 Å². The monoisotopic (exact) mass is 182 g/mol. The van der Waals surface area contributed by atoms with Crippen LogP contribution in [-0.2, 0) is 9.53 Å². The van der Waals surface area contributed by atoms with E-state index in [-0.39, 0.29) is 11.4 Å². The molecule has 0 aromatic heterocycles. The molecule has 1 aliphatic heterocycles. The van der Waals surface area contributed by atoms with Gasteiger partial charge in [-0.15, -0.1) is 0 Å². The van der Waals surface area contributed by atoms with Crippen molar-refractivity contribution >= 4 is 5.97 Å². The van der Waals surface area contributed by atoms with E-state index in [1.165, 1.54) is 0 Å². The lowest BCUT2D eigenvalue weighted by molar-refractivity contribution is -0.136. The third-order valence-electron chi connectivity index (χ3n) is 3.09. The van der Waals surface area contributed by atoms with Crippen LogP contribution in [0.2, 0.25) is 0 Å². The van der Waals surface area contributed by atoms with E-state index < -0.39 is 6.10 Å². The van der Waals surface area contributed by atoms with Gasteiger partial charge in [0.1, 0.15) is 6.61 Å². The number of cyclic esters (lactones) is 1. The second-order valence-electron chi connectivity index (χ2n) is 4.41. The maximum Gasteiger partial charge on any atom is 0.337 e. The summed E-state index contributed by atoms with van der Waals surface area (Å²) < 4.78 is 4.93. The summed E-state index contributed by atoms with van der Waals surface area (Å²) in [5.41, 5.74) is 1.54. The average Bonchev–Trinajstić information content (AvgIpc) is 2.42. The molecule has 13 heavy (non-hydrogen) atoms. The van der Waals surface area contributed by atoms with E-state index in [2.05, 4.69) is 13.8 Å². The zero-order valence-electron chi connectivity index (χ0n) is 7.96. The van der Waals surface area contributed by atoms with Crippen molar-refractivity contribution < 1.29 is 14.6 Å². The van der Waals surface area contributed by atoms with Gasteiger partial charge < -0.3 is 9.84 Å². The highest BCUT2D eigenvalue weighted by Gasteiger charge is 2.41. The molecule has 1 atom stereocenters. The standard InChI is InChI=1S/C10H14O3/c1-10(2)4-3-7(11)8-6(10)5-13-9(8)12/h7,11H,3-5H2,1-2H3. The molecule has 0 fully saturated rings. The molecule has 2 rings (SSSR count). The Labute approximate surface area is 77.4 Å². The maximum absolute atomic E-state index is 11.3. The Hall–Kier alpha value is -0.830. The quantitative estimate of drug-likeness (QED) is 0.569. The van der Waals surface area contributed by atoms with Crippen LogP contribution in [0.5, 0.6) is 0 Å². The Morgan fingerprint density at radius 3 is 2.85 bits per heavy atom. The van der Waals surface area contributed by atoms with Gasteiger partial charge in [-0.1, -0.05) is 13.8 Å². The van der Waals surface area contributed by atoms with Gasteiger partial charge in [0.25, 0.3) is 0 Å². The molecule has 1 unspecified atom stereocenters. The fourth-order valence-electron chi connectivity index (χ4n) is 2.11. The highest BCUT2D eigenvalue weighted by molar-refractivity contribution is 5.93. The van der Waals surface area contributed by atoms with Crippen LogP contribution < -0.4 is 0 Å². The Morgan fingerprint density at radius 1 is 1.54 bits per heavy atom. The number of ether oxygens (including phenoxy) is 1. The second-order valence-corrected chi connectivity index (χ2v) is 4.41. The lowest BCUT2D eigenvalue weighted by Gasteiger charge is -2.32. The van der Waals surface area contributed by atoms with E-state index in [1.54, 1.807) is 0 Å². The molecule has 3 nitrogen and oxygen atoms in total. The summed E-state index contributed by atoms with van der Waals surface area (Å²) in [7, 11) is 0. The number of carbonyl (C=O) groups excluding carboxylic acids is 1. The second kappa shape index (κ2) is 2.58. The van der Waals surface area contributed by atoms with Crippen LogP contribution in [0, 0.1) is 5.41 Å². The number of hydrogen-bond acceptors (Lipinski definition) is 3. The van der Waals surface area contributed by atoms with Crippen molar-refractivity contribution in [3.05, 3.63) is 11.1 Å². The van der Waals surface area contributed by atoms with Crippen molar-refractivity contribution in [2.24, 2.45) is 5.41 Å². The van der Waals surface area contributed by atoms with E-state index in [0.29, 0.717) is 18.6 Å². The Morgan fingerprint density at radius 2 is 2.23 bits per heavy atom. The number of aliphatic hydroxyl groups is 1. The number of hydrogen-bond donors (Lipinski definition) is 1. The topological polar surface area (TPSA) is 46.5 Å². The van der Waals surface area contributed by atoms with E-state index in [1.807, 2.05) is 0 Å². The van der Waals surface area contributed by atoms with Crippen LogP contribution >= 0.6 is 0 Å². The first-order valence-electron chi connectivity index (χ1n) is 4.61. The third-order valence-corrected chi connectivity index (χ3v) is 3.09. The smallest absolute Gasteiger partial charge is 0.337 e. The molecule has 0 saturated carbocycles. The van der Waals surface area contributed by atoms with E-state index in [4.69, 9.17) is 4.74 Å². The fourth-order valence-corrected chi connectivity index (χ4v) is 2.11. The third kappa shape index (κ3) is 1.18. The molecule has 0 saturated heterocycles. The summed E-state index contributed by atoms with van der Waals surface area (Å²) in [4.78, 5) is 11.3. The van der Waals surface area contributed by atoms with E-state index >= 15 is 0 Å². The van der Waals surface area contributed by atoms with Crippen molar-refractivity contribution in [1.82, 2.24) is 0 Å². The van der Waals surface area contributed by atoms with Gasteiger partial charge in [0.15, 0.2) is 0 Å². The Bertz CT molecular complexity index is 289. The summed E-state index contributed by atoms with van der Waals surface area (Å²) in [6, 6.07) is 0. The van der Waals surface area contributed by atoms with Gasteiger partial charge in [0.2, 0.25) is 0 Å². The van der Waals surface area contributed by atoms with Gasteiger partial charge in [-0.3, -0.25) is 0 Å². The van der Waals surface area contributed by atoms with Crippen LogP contribution in [0.15, 0.2) is 11.1 Å². The summed E-state index contributed by atoms with van der Waals surface area (Å²) in [5, 5.41) is 9.62. The van der Waals surface area contributed by atoms with Crippen LogP contribution in [0.3, 0.4) is 0 Å². The zero-order chi connectivity index (χ0) is 9.64. The molecule has 0 bridgehead atoms. The first-order valence-corrected chi connectivity index (χ1v) is 4.61. The number of carbonyl (C=O) groups is 1. The average molecular weight is 182 g/mol. The van der Waals surface area contributed by atoms with Crippen molar-refractivity contribution in [3.8, 4) is 0 Å². The number of rotatable bonds is 0. The molecule has 0 radical (unpaired) electrons. The molecule has 2 aliphatic rings. The van der Waals surface area contributed by atoms with Gasteiger partial charge >= 0.3 is 5.97 Å². The number of aliphatic hydroxyl groups excluding tert-OH is 1. The van der Waals surface area contributed by atoms with Crippen molar-refractivity contribution in [3.63, 3.8) is 0 Å². The van der Waals surface area contributed by atoms with Gasteiger partial charge in [0.05, 0.1) is 11.7 Å². The van der Waals surface area contributed by atoms with Crippen molar-refractivity contribution in [1.29, 1.82) is 0 Å². The van der Waals surface area contributed by atoms with Gasteiger partial charge in [-0.25, -0.2) is 4.79 Å². The van der Waals surface area contributed by atoms with Crippen LogP contribution in [0.25, 0.3) is 0 Å². The maximum atomic E-state index is 11.3. The highest BCUT2D eigenvalue weighted by Crippen LogP contribution is 2.43. The van der Waals surface area contributed by atoms with E-state index in [9.17, 15) is 9.90 Å². The highest BCUT2D eigenvalue weighted by atomic mass is 16.5. The molecule has 72 valence electrons. The molecule has 1 aliphatic carbocycles. The minimum Gasteiger partial charge on any atom is -0.458 e. The van der Waals surface area contributed by atoms with E-state index in [0.717, 1.165) is 12.0 Å². The minimum absolute atomic E-state index is 0.0146. The summed E-state index contributed by atoms with van der Waals surface area (Å²) >= 11 is 0. The molecule has 0 aromatic carbocycles. The summed E-state index contributed by atoms with van der Waals surface area (Å²) in [5.74, 6) is -0.324. The number of esters is 1. The molecular formula is C10H14O3. The van der Waals surface area contributed by atoms with Crippen molar-refractivity contribution in [2.45, 2.75) is 32.8 Å². The molecule has 0 aromatic rings. The molecule has 0 amide bonds. The molecular weight excluding hydrogens is 168 g/mol. The summed E-state index contributed by atoms with van der Waals surface area (Å²) in [6.45, 7) is 4.56. The first-order chi connectivity index (χ1) is 6.02. The predicted molar refractivity (Wildman–Crippen MR) is 47.0 cm³/mol. The first kappa shape index (κ1) is 8.75. The van der Waals surface area contributed by atoms with Crippen LogP contribution in [-0.4, -0.2) is 23.8 Å². The van der Waals surface area contributed by atoms with Crippen LogP contribution in [0.1, 0.15) is 26.7 Å². The minimum atomic E-state index is -0.599. The van der Waals surface area contributed by atoms with Crippen molar-refractivity contribution in [2.75, 3.05) is 6.61 Å². The normalized spacial score (nSPS) is 31.6. The van der Waals surface area contributed by atoms with Gasteiger partial charge in [0, 0.05) is 0 Å². The lowest BCUT2D eigenvalue weighted by Crippen LogP contribution is -2.29. The SMILES string of the molecule is CC1(C)CCC(O)C2=C1COC2=O. The Kier molecular flexibility index (Phi) is 1.74. The largest absolute Gasteiger partial charge is 0.458 e. The fraction of sp³-hybridized carbons (Fsp3) is 0.700. The predicted octanol–water partition coefficient (Wildman–Crippen LogP) is 1.02. The lowest BCUT2D eigenvalue weighted by atomic mass is 9.72. The Balaban J connectivity index is 2.46. The molecule has 1 heterocycles.